The predicted molar refractivity (Wildman–Crippen MR) is 90.6 cm³/mol. The molecular formula is C17H20ClN3O. The van der Waals surface area contributed by atoms with Crippen LogP contribution in [-0.2, 0) is 11.3 Å². The zero-order valence-corrected chi connectivity index (χ0v) is 13.4. The van der Waals surface area contributed by atoms with Gasteiger partial charge in [-0.15, -0.1) is 0 Å². The molecule has 1 unspecified atom stereocenters. The van der Waals surface area contributed by atoms with Crippen LogP contribution in [0.3, 0.4) is 0 Å². The van der Waals surface area contributed by atoms with Crippen LogP contribution in [0.2, 0.25) is 5.02 Å². The highest BCUT2D eigenvalue weighted by Crippen LogP contribution is 2.22. The Morgan fingerprint density at radius 2 is 2.14 bits per heavy atom. The van der Waals surface area contributed by atoms with Gasteiger partial charge in [-0.25, -0.2) is 0 Å². The van der Waals surface area contributed by atoms with Crippen molar-refractivity contribution < 1.29 is 4.74 Å². The molecule has 1 aliphatic rings. The van der Waals surface area contributed by atoms with Crippen LogP contribution in [0.15, 0.2) is 42.7 Å². The van der Waals surface area contributed by atoms with Crippen molar-refractivity contribution in [2.75, 3.05) is 30.0 Å². The maximum Gasteiger partial charge on any atom is 0.0668 e. The monoisotopic (exact) mass is 317 g/mol. The average molecular weight is 318 g/mol. The van der Waals surface area contributed by atoms with Crippen LogP contribution >= 0.6 is 11.6 Å². The van der Waals surface area contributed by atoms with Crippen LogP contribution < -0.4 is 10.2 Å². The van der Waals surface area contributed by atoms with E-state index in [-0.39, 0.29) is 0 Å². The van der Waals surface area contributed by atoms with E-state index in [1.54, 1.807) is 6.20 Å². The van der Waals surface area contributed by atoms with Crippen molar-refractivity contribution in [3.05, 3.63) is 53.3 Å². The van der Waals surface area contributed by atoms with E-state index >= 15 is 0 Å². The first kappa shape index (κ1) is 15.1. The Bertz CT molecular complexity index is 618. The van der Waals surface area contributed by atoms with Crippen LogP contribution in [-0.4, -0.2) is 30.8 Å². The van der Waals surface area contributed by atoms with E-state index in [4.69, 9.17) is 16.3 Å². The Hall–Kier alpha value is -1.78. The number of anilines is 2. The van der Waals surface area contributed by atoms with Crippen molar-refractivity contribution >= 4 is 23.0 Å². The number of aromatic nitrogens is 1. The number of hydrogen-bond donors (Lipinski definition) is 1. The topological polar surface area (TPSA) is 37.4 Å². The second kappa shape index (κ2) is 6.99. The lowest BCUT2D eigenvalue weighted by Gasteiger charge is -2.35. The lowest BCUT2D eigenvalue weighted by Crippen LogP contribution is -2.43. The zero-order chi connectivity index (χ0) is 15.4. The summed E-state index contributed by atoms with van der Waals surface area (Å²) in [6, 6.07) is 10.9. The van der Waals surface area contributed by atoms with Crippen molar-refractivity contribution in [2.24, 2.45) is 0 Å². The third-order valence-corrected chi connectivity index (χ3v) is 4.03. The molecule has 22 heavy (non-hydrogen) atoms. The number of nitrogens with zero attached hydrogens (tertiary/aromatic N) is 2. The minimum atomic E-state index is 0.421. The first-order valence-corrected chi connectivity index (χ1v) is 7.88. The van der Waals surface area contributed by atoms with Crippen molar-refractivity contribution in [3.8, 4) is 0 Å². The van der Waals surface area contributed by atoms with Gasteiger partial charge in [0.15, 0.2) is 0 Å². The number of ether oxygens (including phenoxy) is 1. The van der Waals surface area contributed by atoms with E-state index in [2.05, 4.69) is 46.4 Å². The van der Waals surface area contributed by atoms with E-state index in [0.29, 0.717) is 17.6 Å². The predicted octanol–water partition coefficient (Wildman–Crippen LogP) is 3.57. The van der Waals surface area contributed by atoms with Crippen LogP contribution in [0, 0.1) is 0 Å². The molecule has 0 saturated carbocycles. The lowest BCUT2D eigenvalue weighted by molar-refractivity contribution is 0.0989. The summed E-state index contributed by atoms with van der Waals surface area (Å²) in [4.78, 5) is 6.47. The maximum absolute atomic E-state index is 5.94. The second-order valence-electron chi connectivity index (χ2n) is 5.53. The smallest absolute Gasteiger partial charge is 0.0668 e. The molecule has 0 aliphatic carbocycles. The Morgan fingerprint density at radius 3 is 2.86 bits per heavy atom. The molecule has 4 nitrogen and oxygen atoms in total. The third kappa shape index (κ3) is 3.70. The molecule has 3 rings (SSSR count). The fourth-order valence-corrected chi connectivity index (χ4v) is 2.83. The molecule has 0 amide bonds. The Balaban J connectivity index is 1.61. The van der Waals surface area contributed by atoms with Gasteiger partial charge in [-0.05, 0) is 42.8 Å². The van der Waals surface area contributed by atoms with Crippen molar-refractivity contribution in [1.82, 2.24) is 4.98 Å². The standard InChI is InChI=1S/C17H20ClN3O/c1-13-12-22-7-6-21(13)17-4-2-16(3-5-17)20-10-14-8-15(18)11-19-9-14/h2-5,8-9,11,13,20H,6-7,10,12H2,1H3. The summed E-state index contributed by atoms with van der Waals surface area (Å²) < 4.78 is 5.48. The van der Waals surface area contributed by atoms with Gasteiger partial charge in [0, 0.05) is 42.9 Å². The Kier molecular flexibility index (Phi) is 4.80. The minimum absolute atomic E-state index is 0.421. The first-order chi connectivity index (χ1) is 10.7. The van der Waals surface area contributed by atoms with E-state index in [1.165, 1.54) is 5.69 Å². The van der Waals surface area contributed by atoms with Gasteiger partial charge in [-0.1, -0.05) is 11.6 Å². The molecule has 2 heterocycles. The molecule has 116 valence electrons. The normalized spacial score (nSPS) is 18.3. The Morgan fingerprint density at radius 1 is 1.32 bits per heavy atom. The Labute approximate surface area is 136 Å². The van der Waals surface area contributed by atoms with Gasteiger partial charge in [0.2, 0.25) is 0 Å². The SMILES string of the molecule is CC1COCCN1c1ccc(NCc2cncc(Cl)c2)cc1. The van der Waals surface area contributed by atoms with Gasteiger partial charge >= 0.3 is 0 Å². The molecule has 1 aromatic heterocycles. The average Bonchev–Trinajstić information content (AvgIpc) is 2.54. The molecule has 1 aliphatic heterocycles. The van der Waals surface area contributed by atoms with Crippen molar-refractivity contribution in [2.45, 2.75) is 19.5 Å². The van der Waals surface area contributed by atoms with Crippen LogP contribution in [0.5, 0.6) is 0 Å². The van der Waals surface area contributed by atoms with Crippen LogP contribution in [0.1, 0.15) is 12.5 Å². The molecule has 0 radical (unpaired) electrons. The van der Waals surface area contributed by atoms with Gasteiger partial charge < -0.3 is 15.0 Å². The molecule has 1 atom stereocenters. The number of rotatable bonds is 4. The zero-order valence-electron chi connectivity index (χ0n) is 12.6. The summed E-state index contributed by atoms with van der Waals surface area (Å²) in [5.74, 6) is 0. The highest BCUT2D eigenvalue weighted by atomic mass is 35.5. The highest BCUT2D eigenvalue weighted by molar-refractivity contribution is 6.30. The minimum Gasteiger partial charge on any atom is -0.381 e. The molecule has 1 fully saturated rings. The summed E-state index contributed by atoms with van der Waals surface area (Å²) >= 11 is 5.94. The van der Waals surface area contributed by atoms with E-state index in [0.717, 1.165) is 31.0 Å². The van der Waals surface area contributed by atoms with Crippen molar-refractivity contribution in [1.29, 1.82) is 0 Å². The van der Waals surface area contributed by atoms with E-state index in [9.17, 15) is 0 Å². The van der Waals surface area contributed by atoms with Gasteiger partial charge in [0.25, 0.3) is 0 Å². The third-order valence-electron chi connectivity index (χ3n) is 3.82. The number of morpholine rings is 1. The molecule has 1 N–H and O–H groups in total. The number of benzene rings is 1. The van der Waals surface area contributed by atoms with Crippen molar-refractivity contribution in [3.63, 3.8) is 0 Å². The number of hydrogen-bond acceptors (Lipinski definition) is 4. The number of halogens is 1. The van der Waals surface area contributed by atoms with Crippen LogP contribution in [0.4, 0.5) is 11.4 Å². The van der Waals surface area contributed by atoms with Gasteiger partial charge in [0.1, 0.15) is 0 Å². The lowest BCUT2D eigenvalue weighted by atomic mass is 10.2. The highest BCUT2D eigenvalue weighted by Gasteiger charge is 2.18. The summed E-state index contributed by atoms with van der Waals surface area (Å²) in [6.45, 7) is 5.44. The first-order valence-electron chi connectivity index (χ1n) is 7.50. The summed E-state index contributed by atoms with van der Waals surface area (Å²) in [5, 5.41) is 4.05. The molecule has 2 aromatic rings. The van der Waals surface area contributed by atoms with Gasteiger partial charge in [0.05, 0.1) is 18.2 Å². The quantitative estimate of drug-likeness (QED) is 0.935. The largest absolute Gasteiger partial charge is 0.381 e. The second-order valence-corrected chi connectivity index (χ2v) is 5.97. The number of nitrogens with one attached hydrogen (secondary N) is 1. The molecule has 0 bridgehead atoms. The fraction of sp³-hybridized carbons (Fsp3) is 0.353. The summed E-state index contributed by atoms with van der Waals surface area (Å²) in [5.41, 5.74) is 3.40. The summed E-state index contributed by atoms with van der Waals surface area (Å²) in [6.07, 6.45) is 3.46. The fourth-order valence-electron chi connectivity index (χ4n) is 2.64. The summed E-state index contributed by atoms with van der Waals surface area (Å²) in [7, 11) is 0. The molecule has 5 heteroatoms. The van der Waals surface area contributed by atoms with Gasteiger partial charge in [-0.3, -0.25) is 4.98 Å². The number of pyridine rings is 1. The molecular weight excluding hydrogens is 298 g/mol. The van der Waals surface area contributed by atoms with E-state index < -0.39 is 0 Å². The van der Waals surface area contributed by atoms with Crippen LogP contribution in [0.25, 0.3) is 0 Å². The molecule has 1 aromatic carbocycles. The molecule has 1 saturated heterocycles. The molecule has 0 spiro atoms. The van der Waals surface area contributed by atoms with E-state index in [1.807, 2.05) is 12.3 Å². The maximum atomic E-state index is 5.94. The van der Waals surface area contributed by atoms with Gasteiger partial charge in [-0.2, -0.15) is 0 Å².